The number of rotatable bonds is 3. The molecule has 4 heteroatoms. The zero-order valence-corrected chi connectivity index (χ0v) is 10.9. The summed E-state index contributed by atoms with van der Waals surface area (Å²) in [6, 6.07) is 9.55. The van der Waals surface area contributed by atoms with E-state index in [1.54, 1.807) is 17.9 Å². The summed E-state index contributed by atoms with van der Waals surface area (Å²) in [5.41, 5.74) is 0.145. The molecular weight excluding hydrogens is 242 g/mol. The van der Waals surface area contributed by atoms with Gasteiger partial charge in [0.1, 0.15) is 0 Å². The second-order valence-corrected chi connectivity index (χ2v) is 5.12. The molecule has 0 bridgehead atoms. The SMILES string of the molecule is C[C@]1(C(=O)O)CCN(C(=O)/C=C\c2ccccc2)C1. The van der Waals surface area contributed by atoms with Crippen molar-refractivity contribution in [2.45, 2.75) is 13.3 Å². The number of likely N-dealkylation sites (tertiary alicyclic amines) is 1. The zero-order chi connectivity index (χ0) is 13.9. The molecule has 0 radical (unpaired) electrons. The van der Waals surface area contributed by atoms with Gasteiger partial charge in [0.15, 0.2) is 0 Å². The van der Waals surface area contributed by atoms with Crippen LogP contribution >= 0.6 is 0 Å². The Balaban J connectivity index is 1.99. The van der Waals surface area contributed by atoms with Gasteiger partial charge in [0.05, 0.1) is 5.41 Å². The maximum atomic E-state index is 12.0. The van der Waals surface area contributed by atoms with Crippen LogP contribution in [0.3, 0.4) is 0 Å². The Morgan fingerprint density at radius 1 is 1.32 bits per heavy atom. The van der Waals surface area contributed by atoms with E-state index in [0.29, 0.717) is 13.0 Å². The van der Waals surface area contributed by atoms with E-state index in [0.717, 1.165) is 5.56 Å². The zero-order valence-electron chi connectivity index (χ0n) is 10.9. The second kappa shape index (κ2) is 5.26. The second-order valence-electron chi connectivity index (χ2n) is 5.12. The lowest BCUT2D eigenvalue weighted by atomic mass is 9.90. The third-order valence-corrected chi connectivity index (χ3v) is 3.52. The maximum Gasteiger partial charge on any atom is 0.311 e. The van der Waals surface area contributed by atoms with E-state index in [4.69, 9.17) is 5.11 Å². The van der Waals surface area contributed by atoms with Crippen LogP contribution in [0.1, 0.15) is 18.9 Å². The monoisotopic (exact) mass is 259 g/mol. The first-order valence-corrected chi connectivity index (χ1v) is 6.27. The van der Waals surface area contributed by atoms with Crippen LogP contribution in [0.2, 0.25) is 0 Å². The molecule has 0 saturated carbocycles. The van der Waals surface area contributed by atoms with Crippen molar-refractivity contribution in [3.05, 3.63) is 42.0 Å². The number of carbonyl (C=O) groups is 2. The molecule has 1 aliphatic rings. The van der Waals surface area contributed by atoms with Crippen LogP contribution in [0.25, 0.3) is 6.08 Å². The summed E-state index contributed by atoms with van der Waals surface area (Å²) in [6.07, 6.45) is 3.76. The molecule has 1 fully saturated rings. The largest absolute Gasteiger partial charge is 0.481 e. The highest BCUT2D eigenvalue weighted by atomic mass is 16.4. The molecule has 0 aliphatic carbocycles. The lowest BCUT2D eigenvalue weighted by Gasteiger charge is -2.18. The fraction of sp³-hybridized carbons (Fsp3) is 0.333. The Labute approximate surface area is 112 Å². The Kier molecular flexibility index (Phi) is 3.69. The van der Waals surface area contributed by atoms with E-state index in [1.807, 2.05) is 30.3 Å². The molecule has 2 rings (SSSR count). The highest BCUT2D eigenvalue weighted by Gasteiger charge is 2.41. The molecule has 1 N–H and O–H groups in total. The number of nitrogens with zero attached hydrogens (tertiary/aromatic N) is 1. The van der Waals surface area contributed by atoms with Gasteiger partial charge in [-0.2, -0.15) is 0 Å². The third kappa shape index (κ3) is 3.02. The normalized spacial score (nSPS) is 22.9. The van der Waals surface area contributed by atoms with Crippen LogP contribution in [0.4, 0.5) is 0 Å². The quantitative estimate of drug-likeness (QED) is 0.845. The van der Waals surface area contributed by atoms with Gasteiger partial charge in [0.2, 0.25) is 5.91 Å². The van der Waals surface area contributed by atoms with Gasteiger partial charge >= 0.3 is 5.97 Å². The van der Waals surface area contributed by atoms with Gasteiger partial charge < -0.3 is 10.0 Å². The molecule has 1 aliphatic heterocycles. The molecule has 0 unspecified atom stereocenters. The van der Waals surface area contributed by atoms with Crippen molar-refractivity contribution in [1.82, 2.24) is 4.90 Å². The first kappa shape index (κ1) is 13.3. The lowest BCUT2D eigenvalue weighted by Crippen LogP contribution is -2.34. The fourth-order valence-electron chi connectivity index (χ4n) is 2.16. The van der Waals surface area contributed by atoms with Crippen LogP contribution in [-0.2, 0) is 9.59 Å². The minimum absolute atomic E-state index is 0.131. The molecule has 1 heterocycles. The Bertz CT molecular complexity index is 509. The minimum Gasteiger partial charge on any atom is -0.481 e. The molecule has 0 aromatic heterocycles. The Morgan fingerprint density at radius 3 is 2.58 bits per heavy atom. The summed E-state index contributed by atoms with van der Waals surface area (Å²) < 4.78 is 0. The predicted molar refractivity (Wildman–Crippen MR) is 72.4 cm³/mol. The van der Waals surface area contributed by atoms with E-state index < -0.39 is 11.4 Å². The first-order chi connectivity index (χ1) is 9.01. The molecule has 4 nitrogen and oxygen atoms in total. The minimum atomic E-state index is -0.838. The number of hydrogen-bond acceptors (Lipinski definition) is 2. The van der Waals surface area contributed by atoms with Crippen LogP contribution < -0.4 is 0 Å². The molecule has 1 atom stereocenters. The summed E-state index contributed by atoms with van der Waals surface area (Å²) in [5, 5.41) is 9.12. The maximum absolute atomic E-state index is 12.0. The number of amides is 1. The van der Waals surface area contributed by atoms with Crippen molar-refractivity contribution >= 4 is 18.0 Å². The lowest BCUT2D eigenvalue weighted by molar-refractivity contribution is -0.147. The Morgan fingerprint density at radius 2 is 2.00 bits per heavy atom. The highest BCUT2D eigenvalue weighted by Crippen LogP contribution is 2.30. The summed E-state index contributed by atoms with van der Waals surface area (Å²) in [5.74, 6) is -0.969. The molecule has 0 spiro atoms. The predicted octanol–water partition coefficient (Wildman–Crippen LogP) is 2.02. The Hall–Kier alpha value is -2.10. The molecule has 1 amide bonds. The van der Waals surface area contributed by atoms with E-state index in [2.05, 4.69) is 0 Å². The van der Waals surface area contributed by atoms with Gasteiger partial charge in [0, 0.05) is 19.2 Å². The van der Waals surface area contributed by atoms with Crippen molar-refractivity contribution in [2.75, 3.05) is 13.1 Å². The van der Waals surface area contributed by atoms with Crippen LogP contribution in [0.15, 0.2) is 36.4 Å². The summed E-state index contributed by atoms with van der Waals surface area (Å²) in [4.78, 5) is 24.7. The summed E-state index contributed by atoms with van der Waals surface area (Å²) in [7, 11) is 0. The number of carboxylic acids is 1. The standard InChI is InChI=1S/C15H17NO3/c1-15(14(18)19)9-10-16(11-15)13(17)8-7-12-5-3-2-4-6-12/h2-8H,9-11H2,1H3,(H,18,19)/b8-7-/t15-/m0/s1. The van der Waals surface area contributed by atoms with E-state index in [-0.39, 0.29) is 12.5 Å². The molecule has 1 aromatic rings. The van der Waals surface area contributed by atoms with Crippen molar-refractivity contribution in [3.63, 3.8) is 0 Å². The molecular formula is C15H17NO3. The van der Waals surface area contributed by atoms with Crippen LogP contribution in [-0.4, -0.2) is 35.0 Å². The van der Waals surface area contributed by atoms with Crippen molar-refractivity contribution < 1.29 is 14.7 Å². The number of hydrogen-bond donors (Lipinski definition) is 1. The number of carbonyl (C=O) groups excluding carboxylic acids is 1. The van der Waals surface area contributed by atoms with E-state index in [1.165, 1.54) is 6.08 Å². The van der Waals surface area contributed by atoms with Gasteiger partial charge in [0.25, 0.3) is 0 Å². The summed E-state index contributed by atoms with van der Waals surface area (Å²) in [6.45, 7) is 2.46. The highest BCUT2D eigenvalue weighted by molar-refractivity contribution is 5.92. The van der Waals surface area contributed by atoms with Gasteiger partial charge in [-0.05, 0) is 25.0 Å². The third-order valence-electron chi connectivity index (χ3n) is 3.52. The molecule has 1 saturated heterocycles. The average Bonchev–Trinajstić information content (AvgIpc) is 2.81. The van der Waals surface area contributed by atoms with Crippen molar-refractivity contribution in [1.29, 1.82) is 0 Å². The van der Waals surface area contributed by atoms with Crippen LogP contribution in [0, 0.1) is 5.41 Å². The molecule has 100 valence electrons. The smallest absolute Gasteiger partial charge is 0.311 e. The van der Waals surface area contributed by atoms with E-state index in [9.17, 15) is 9.59 Å². The number of carboxylic acid groups (broad SMARTS) is 1. The molecule has 19 heavy (non-hydrogen) atoms. The topological polar surface area (TPSA) is 57.6 Å². The van der Waals surface area contributed by atoms with Crippen molar-refractivity contribution in [2.24, 2.45) is 5.41 Å². The van der Waals surface area contributed by atoms with Gasteiger partial charge in [-0.15, -0.1) is 0 Å². The summed E-state index contributed by atoms with van der Waals surface area (Å²) >= 11 is 0. The van der Waals surface area contributed by atoms with Gasteiger partial charge in [-0.1, -0.05) is 30.3 Å². The first-order valence-electron chi connectivity index (χ1n) is 6.27. The number of aliphatic carboxylic acids is 1. The van der Waals surface area contributed by atoms with Gasteiger partial charge in [-0.3, -0.25) is 9.59 Å². The van der Waals surface area contributed by atoms with E-state index >= 15 is 0 Å². The number of benzene rings is 1. The van der Waals surface area contributed by atoms with Crippen LogP contribution in [0.5, 0.6) is 0 Å². The molecule has 1 aromatic carbocycles. The van der Waals surface area contributed by atoms with Gasteiger partial charge in [-0.25, -0.2) is 0 Å². The fourth-order valence-corrected chi connectivity index (χ4v) is 2.16. The van der Waals surface area contributed by atoms with Crippen molar-refractivity contribution in [3.8, 4) is 0 Å². The average molecular weight is 259 g/mol.